The molecule has 1 aliphatic rings. The number of carbonyl (C=O) groups excluding carboxylic acids is 1. The number of nitrogens with one attached hydrogen (secondary N) is 1. The summed E-state index contributed by atoms with van der Waals surface area (Å²) >= 11 is 5.22. The van der Waals surface area contributed by atoms with Gasteiger partial charge in [0.1, 0.15) is 0 Å². The van der Waals surface area contributed by atoms with Crippen LogP contribution in [0.5, 0.6) is 0 Å². The van der Waals surface area contributed by atoms with Gasteiger partial charge in [-0.3, -0.25) is 4.79 Å². The van der Waals surface area contributed by atoms with Gasteiger partial charge in [0, 0.05) is 28.1 Å². The molecule has 0 unspecified atom stereocenters. The summed E-state index contributed by atoms with van der Waals surface area (Å²) in [5.41, 5.74) is 2.26. The summed E-state index contributed by atoms with van der Waals surface area (Å²) < 4.78 is 1.01. The predicted octanol–water partition coefficient (Wildman–Crippen LogP) is 3.51. The van der Waals surface area contributed by atoms with Gasteiger partial charge in [0.05, 0.1) is 6.54 Å². The Morgan fingerprint density at radius 1 is 1.40 bits per heavy atom. The molecule has 1 aliphatic heterocycles. The average Bonchev–Trinajstić information content (AvgIpc) is 2.92. The quantitative estimate of drug-likeness (QED) is 0.918. The molecule has 1 aromatic carbocycles. The fraction of sp³-hybridized carbons (Fsp3) is 0.267. The van der Waals surface area contributed by atoms with Gasteiger partial charge in [-0.15, -0.1) is 11.3 Å². The Bertz CT molecular complexity index is 626. The molecule has 1 amide bonds. The minimum Gasteiger partial charge on any atom is -0.376 e. The van der Waals surface area contributed by atoms with Crippen LogP contribution in [0.25, 0.3) is 0 Å². The second-order valence-electron chi connectivity index (χ2n) is 4.80. The molecule has 104 valence electrons. The molecule has 0 spiro atoms. The van der Waals surface area contributed by atoms with E-state index in [1.807, 2.05) is 29.2 Å². The van der Waals surface area contributed by atoms with Gasteiger partial charge in [-0.05, 0) is 41.6 Å². The van der Waals surface area contributed by atoms with Gasteiger partial charge in [-0.2, -0.15) is 0 Å². The van der Waals surface area contributed by atoms with Gasteiger partial charge >= 0.3 is 0 Å². The highest BCUT2D eigenvalue weighted by Gasteiger charge is 2.20. The molecule has 0 fully saturated rings. The number of carbonyl (C=O) groups is 1. The maximum atomic E-state index is 12.2. The molecular weight excluding hydrogens is 336 g/mol. The number of amides is 1. The molecule has 1 N–H and O–H groups in total. The molecule has 0 saturated carbocycles. The van der Waals surface area contributed by atoms with Crippen molar-refractivity contribution in [2.24, 2.45) is 0 Å². The van der Waals surface area contributed by atoms with Gasteiger partial charge < -0.3 is 10.2 Å². The normalized spacial score (nSPS) is 13.9. The number of thiophene rings is 1. The number of halogens is 1. The van der Waals surface area contributed by atoms with Crippen molar-refractivity contribution in [3.05, 3.63) is 50.6 Å². The van der Waals surface area contributed by atoms with E-state index in [4.69, 9.17) is 0 Å². The number of nitrogens with zero attached hydrogens (tertiary/aromatic N) is 1. The first-order valence-corrected chi connectivity index (χ1v) is 8.22. The van der Waals surface area contributed by atoms with Crippen molar-refractivity contribution in [1.29, 1.82) is 0 Å². The molecule has 2 aromatic rings. The largest absolute Gasteiger partial charge is 0.376 e. The molecule has 1 aromatic heterocycles. The highest BCUT2D eigenvalue weighted by molar-refractivity contribution is 9.10. The molecule has 20 heavy (non-hydrogen) atoms. The van der Waals surface area contributed by atoms with Crippen molar-refractivity contribution in [3.8, 4) is 0 Å². The molecule has 2 heterocycles. The minimum atomic E-state index is 0.154. The zero-order valence-corrected chi connectivity index (χ0v) is 13.3. The summed E-state index contributed by atoms with van der Waals surface area (Å²) in [6, 6.07) is 9.98. The van der Waals surface area contributed by atoms with Crippen LogP contribution < -0.4 is 5.32 Å². The number of hydrogen-bond acceptors (Lipinski definition) is 3. The first-order chi connectivity index (χ1) is 9.72. The lowest BCUT2D eigenvalue weighted by Gasteiger charge is -2.27. The first-order valence-electron chi connectivity index (χ1n) is 6.55. The summed E-state index contributed by atoms with van der Waals surface area (Å²) in [6.45, 7) is 1.92. The lowest BCUT2D eigenvalue weighted by atomic mass is 10.1. The van der Waals surface area contributed by atoms with Crippen LogP contribution in [0.2, 0.25) is 0 Å². The second kappa shape index (κ2) is 5.97. The Hall–Kier alpha value is -1.33. The van der Waals surface area contributed by atoms with E-state index in [1.54, 1.807) is 11.3 Å². The highest BCUT2D eigenvalue weighted by atomic mass is 79.9. The van der Waals surface area contributed by atoms with Crippen LogP contribution in [0, 0.1) is 0 Å². The molecule has 3 nitrogen and oxygen atoms in total. The van der Waals surface area contributed by atoms with Crippen LogP contribution in [0.4, 0.5) is 5.69 Å². The van der Waals surface area contributed by atoms with Crippen molar-refractivity contribution < 1.29 is 4.79 Å². The van der Waals surface area contributed by atoms with Crippen LogP contribution in [0.3, 0.4) is 0 Å². The van der Waals surface area contributed by atoms with E-state index < -0.39 is 0 Å². The third kappa shape index (κ3) is 3.04. The number of benzene rings is 1. The van der Waals surface area contributed by atoms with Crippen molar-refractivity contribution in [2.45, 2.75) is 13.0 Å². The maximum Gasteiger partial charge on any atom is 0.242 e. The Kier molecular flexibility index (Phi) is 4.08. The lowest BCUT2D eigenvalue weighted by molar-refractivity contribution is -0.130. The SMILES string of the molecule is O=C(CNc1cccc(Br)c1)N1CCc2sccc2C1. The van der Waals surface area contributed by atoms with E-state index in [9.17, 15) is 4.79 Å². The Morgan fingerprint density at radius 3 is 3.15 bits per heavy atom. The summed E-state index contributed by atoms with van der Waals surface area (Å²) in [5, 5.41) is 5.29. The third-order valence-corrected chi connectivity index (χ3v) is 4.94. The summed E-state index contributed by atoms with van der Waals surface area (Å²) in [6.07, 6.45) is 0.982. The van der Waals surface area contributed by atoms with E-state index in [0.29, 0.717) is 6.54 Å². The number of fused-ring (bicyclic) bond motifs is 1. The van der Waals surface area contributed by atoms with Crippen molar-refractivity contribution in [3.63, 3.8) is 0 Å². The van der Waals surface area contributed by atoms with Crippen LogP contribution >= 0.6 is 27.3 Å². The number of rotatable bonds is 3. The fourth-order valence-corrected chi connectivity index (χ4v) is 3.64. The van der Waals surface area contributed by atoms with Gasteiger partial charge in [0.2, 0.25) is 5.91 Å². The predicted molar refractivity (Wildman–Crippen MR) is 86.1 cm³/mol. The standard InChI is InChI=1S/C15H15BrN2OS/c16-12-2-1-3-13(8-12)17-9-15(19)18-6-4-14-11(10-18)5-7-20-14/h1-3,5,7-8,17H,4,6,9-10H2. The van der Waals surface area contributed by atoms with Crippen molar-refractivity contribution in [2.75, 3.05) is 18.4 Å². The van der Waals surface area contributed by atoms with E-state index in [2.05, 4.69) is 32.7 Å². The molecule has 3 rings (SSSR count). The summed E-state index contributed by atoms with van der Waals surface area (Å²) in [5.74, 6) is 0.154. The van der Waals surface area contributed by atoms with Crippen LogP contribution in [-0.4, -0.2) is 23.9 Å². The number of hydrogen-bond donors (Lipinski definition) is 1. The van der Waals surface area contributed by atoms with Crippen molar-refractivity contribution in [1.82, 2.24) is 4.90 Å². The molecule has 0 radical (unpaired) electrons. The van der Waals surface area contributed by atoms with Crippen LogP contribution in [0.15, 0.2) is 40.2 Å². The molecule has 5 heteroatoms. The molecule has 0 aliphatic carbocycles. The molecule has 0 bridgehead atoms. The van der Waals surface area contributed by atoms with Gasteiger partial charge in [0.25, 0.3) is 0 Å². The van der Waals surface area contributed by atoms with Gasteiger partial charge in [0.15, 0.2) is 0 Å². The monoisotopic (exact) mass is 350 g/mol. The van der Waals surface area contributed by atoms with Gasteiger partial charge in [-0.1, -0.05) is 22.0 Å². The molecule has 0 atom stereocenters. The lowest BCUT2D eigenvalue weighted by Crippen LogP contribution is -2.38. The Morgan fingerprint density at radius 2 is 2.30 bits per heavy atom. The summed E-state index contributed by atoms with van der Waals surface area (Å²) in [4.78, 5) is 15.6. The third-order valence-electron chi connectivity index (χ3n) is 3.43. The average molecular weight is 351 g/mol. The second-order valence-corrected chi connectivity index (χ2v) is 6.71. The minimum absolute atomic E-state index is 0.154. The zero-order chi connectivity index (χ0) is 13.9. The Balaban J connectivity index is 1.58. The van der Waals surface area contributed by atoms with Crippen LogP contribution in [0.1, 0.15) is 10.4 Å². The topological polar surface area (TPSA) is 32.3 Å². The smallest absolute Gasteiger partial charge is 0.242 e. The first kappa shape index (κ1) is 13.6. The van der Waals surface area contributed by atoms with E-state index >= 15 is 0 Å². The maximum absolute atomic E-state index is 12.2. The Labute approximate surface area is 130 Å². The van der Waals surface area contributed by atoms with Gasteiger partial charge in [-0.25, -0.2) is 0 Å². The molecular formula is C15H15BrN2OS. The molecule has 0 saturated heterocycles. The van der Waals surface area contributed by atoms with E-state index in [0.717, 1.165) is 29.7 Å². The van der Waals surface area contributed by atoms with Crippen LogP contribution in [-0.2, 0) is 17.8 Å². The fourth-order valence-electron chi connectivity index (χ4n) is 2.35. The van der Waals surface area contributed by atoms with Crippen molar-refractivity contribution >= 4 is 38.9 Å². The number of anilines is 1. The van der Waals surface area contributed by atoms with E-state index in [-0.39, 0.29) is 5.91 Å². The van der Waals surface area contributed by atoms with E-state index in [1.165, 1.54) is 10.4 Å². The highest BCUT2D eigenvalue weighted by Crippen LogP contribution is 2.24. The zero-order valence-electron chi connectivity index (χ0n) is 10.9. The summed E-state index contributed by atoms with van der Waals surface area (Å²) in [7, 11) is 0.